The van der Waals surface area contributed by atoms with Crippen molar-refractivity contribution in [1.82, 2.24) is 10.6 Å². The molecule has 0 radical (unpaired) electrons. The number of carbonyl (C=O) groups is 1. The van der Waals surface area contributed by atoms with Crippen LogP contribution < -0.4 is 10.6 Å². The fraction of sp³-hybridized carbons (Fsp3) is 0.278. The average Bonchev–Trinajstić information content (AvgIpc) is 3.08. The summed E-state index contributed by atoms with van der Waals surface area (Å²) < 4.78 is 0. The topological polar surface area (TPSA) is 41.1 Å². The van der Waals surface area contributed by atoms with E-state index in [4.69, 9.17) is 11.6 Å². The molecule has 3 nitrogen and oxygen atoms in total. The van der Waals surface area contributed by atoms with Gasteiger partial charge in [0.1, 0.15) is 0 Å². The highest BCUT2D eigenvalue weighted by Crippen LogP contribution is 2.25. The largest absolute Gasteiger partial charge is 0.345 e. The predicted octanol–water partition coefficient (Wildman–Crippen LogP) is 3.16. The third kappa shape index (κ3) is 3.49. The van der Waals surface area contributed by atoms with E-state index in [0.29, 0.717) is 5.02 Å². The summed E-state index contributed by atoms with van der Waals surface area (Å²) in [5.74, 6) is 0.143. The molecule has 0 aliphatic carbocycles. The Balaban J connectivity index is 1.87. The lowest BCUT2D eigenvalue weighted by Gasteiger charge is -2.22. The summed E-state index contributed by atoms with van der Waals surface area (Å²) in [5.41, 5.74) is 2.06. The van der Waals surface area contributed by atoms with Gasteiger partial charge in [-0.05, 0) is 36.2 Å². The molecule has 1 saturated heterocycles. The first kappa shape index (κ1) is 15.1. The molecule has 0 aromatic heterocycles. The van der Waals surface area contributed by atoms with Gasteiger partial charge in [0, 0.05) is 11.6 Å². The van der Waals surface area contributed by atoms with E-state index in [9.17, 15) is 4.79 Å². The van der Waals surface area contributed by atoms with Crippen molar-refractivity contribution < 1.29 is 4.79 Å². The lowest BCUT2D eigenvalue weighted by atomic mass is 9.97. The molecule has 2 atom stereocenters. The zero-order chi connectivity index (χ0) is 15.4. The fourth-order valence-corrected chi connectivity index (χ4v) is 3.03. The molecule has 22 heavy (non-hydrogen) atoms. The van der Waals surface area contributed by atoms with Crippen LogP contribution in [0, 0.1) is 5.92 Å². The first-order valence-corrected chi connectivity index (χ1v) is 7.93. The van der Waals surface area contributed by atoms with Gasteiger partial charge in [0.25, 0.3) is 0 Å². The van der Waals surface area contributed by atoms with Crippen LogP contribution >= 0.6 is 11.6 Å². The quantitative estimate of drug-likeness (QED) is 0.910. The van der Waals surface area contributed by atoms with Crippen molar-refractivity contribution in [2.75, 3.05) is 13.1 Å². The van der Waals surface area contributed by atoms with E-state index in [2.05, 4.69) is 10.6 Å². The Hall–Kier alpha value is -1.84. The van der Waals surface area contributed by atoms with Gasteiger partial charge in [0.15, 0.2) is 0 Å². The number of carbonyl (C=O) groups excluding carboxylic acids is 1. The Morgan fingerprint density at radius 2 is 1.91 bits per heavy atom. The van der Waals surface area contributed by atoms with Gasteiger partial charge < -0.3 is 10.6 Å². The Kier molecular flexibility index (Phi) is 4.76. The monoisotopic (exact) mass is 314 g/mol. The molecule has 0 bridgehead atoms. The van der Waals surface area contributed by atoms with E-state index in [1.165, 1.54) is 0 Å². The fourth-order valence-electron chi connectivity index (χ4n) is 2.83. The minimum Gasteiger partial charge on any atom is -0.345 e. The zero-order valence-electron chi connectivity index (χ0n) is 12.3. The highest BCUT2D eigenvalue weighted by atomic mass is 35.5. The number of rotatable bonds is 4. The number of nitrogens with one attached hydrogen (secondary N) is 2. The maximum absolute atomic E-state index is 12.5. The molecule has 2 aromatic carbocycles. The van der Waals surface area contributed by atoms with E-state index in [1.807, 2.05) is 54.6 Å². The predicted molar refractivity (Wildman–Crippen MR) is 88.9 cm³/mol. The van der Waals surface area contributed by atoms with Gasteiger partial charge in [0.2, 0.25) is 5.91 Å². The molecule has 1 aliphatic rings. The van der Waals surface area contributed by atoms with Gasteiger partial charge in [0.05, 0.1) is 12.0 Å². The minimum atomic E-state index is -0.173. The maximum atomic E-state index is 12.5. The molecule has 1 amide bonds. The van der Waals surface area contributed by atoms with Crippen LogP contribution in [0.3, 0.4) is 0 Å². The summed E-state index contributed by atoms with van der Waals surface area (Å²) in [6, 6.07) is 17.5. The van der Waals surface area contributed by atoms with Crippen LogP contribution in [0.4, 0.5) is 0 Å². The molecule has 0 spiro atoms. The van der Waals surface area contributed by atoms with Crippen molar-refractivity contribution >= 4 is 17.5 Å². The van der Waals surface area contributed by atoms with Gasteiger partial charge in [-0.1, -0.05) is 54.1 Å². The Labute approximate surface area is 135 Å². The molecule has 4 heteroatoms. The molecule has 0 saturated carbocycles. The number of hydrogen-bond donors (Lipinski definition) is 2. The molecule has 2 N–H and O–H groups in total. The Bertz CT molecular complexity index is 639. The normalized spacial score (nSPS) is 18.9. The molecule has 2 unspecified atom stereocenters. The molecule has 114 valence electrons. The van der Waals surface area contributed by atoms with Crippen molar-refractivity contribution in [2.24, 2.45) is 5.92 Å². The van der Waals surface area contributed by atoms with E-state index in [0.717, 1.165) is 30.6 Å². The molecular formula is C18H19ClN2O. The SMILES string of the molecule is O=C(NC(c1ccccc1)c1cccc(Cl)c1)C1CCNC1. The first-order valence-electron chi connectivity index (χ1n) is 7.55. The minimum absolute atomic E-state index is 0.0467. The van der Waals surface area contributed by atoms with E-state index >= 15 is 0 Å². The smallest absolute Gasteiger partial charge is 0.225 e. The number of amides is 1. The third-order valence-corrected chi connectivity index (χ3v) is 4.27. The second-order valence-corrected chi connectivity index (χ2v) is 6.03. The summed E-state index contributed by atoms with van der Waals surface area (Å²) in [4.78, 5) is 12.5. The second kappa shape index (κ2) is 6.95. The van der Waals surface area contributed by atoms with Crippen LogP contribution in [0.2, 0.25) is 5.02 Å². The Morgan fingerprint density at radius 3 is 2.59 bits per heavy atom. The van der Waals surface area contributed by atoms with Gasteiger partial charge in [-0.3, -0.25) is 4.79 Å². The van der Waals surface area contributed by atoms with Gasteiger partial charge in [-0.25, -0.2) is 0 Å². The molecule has 2 aromatic rings. The van der Waals surface area contributed by atoms with Crippen molar-refractivity contribution in [3.63, 3.8) is 0 Å². The number of hydrogen-bond acceptors (Lipinski definition) is 2. The summed E-state index contributed by atoms with van der Waals surface area (Å²) in [5, 5.41) is 7.09. The number of halogens is 1. The molecule has 3 rings (SSSR count). The first-order chi connectivity index (χ1) is 10.7. The van der Waals surface area contributed by atoms with Crippen LogP contribution in [0.5, 0.6) is 0 Å². The lowest BCUT2D eigenvalue weighted by Crippen LogP contribution is -2.35. The van der Waals surface area contributed by atoms with Crippen LogP contribution in [0.1, 0.15) is 23.6 Å². The van der Waals surface area contributed by atoms with Crippen LogP contribution in [0.25, 0.3) is 0 Å². The third-order valence-electron chi connectivity index (χ3n) is 4.03. The molecule has 1 heterocycles. The number of benzene rings is 2. The summed E-state index contributed by atoms with van der Waals surface area (Å²) >= 11 is 6.12. The van der Waals surface area contributed by atoms with Gasteiger partial charge in [-0.2, -0.15) is 0 Å². The highest BCUT2D eigenvalue weighted by molar-refractivity contribution is 6.30. The van der Waals surface area contributed by atoms with E-state index in [1.54, 1.807) is 0 Å². The Morgan fingerprint density at radius 1 is 1.14 bits per heavy atom. The van der Waals surface area contributed by atoms with Crippen molar-refractivity contribution in [3.05, 3.63) is 70.7 Å². The maximum Gasteiger partial charge on any atom is 0.225 e. The van der Waals surface area contributed by atoms with Crippen LogP contribution in [-0.2, 0) is 4.79 Å². The van der Waals surface area contributed by atoms with Gasteiger partial charge >= 0.3 is 0 Å². The van der Waals surface area contributed by atoms with Crippen molar-refractivity contribution in [2.45, 2.75) is 12.5 Å². The molecule has 1 aliphatic heterocycles. The molecule has 1 fully saturated rings. The van der Waals surface area contributed by atoms with Crippen molar-refractivity contribution in [1.29, 1.82) is 0 Å². The van der Waals surface area contributed by atoms with E-state index < -0.39 is 0 Å². The zero-order valence-corrected chi connectivity index (χ0v) is 13.0. The van der Waals surface area contributed by atoms with E-state index in [-0.39, 0.29) is 17.9 Å². The standard InChI is InChI=1S/C18H19ClN2O/c19-16-8-4-7-14(11-16)17(13-5-2-1-3-6-13)21-18(22)15-9-10-20-12-15/h1-8,11,15,17,20H,9-10,12H2,(H,21,22). The second-order valence-electron chi connectivity index (χ2n) is 5.60. The van der Waals surface area contributed by atoms with Crippen LogP contribution in [-0.4, -0.2) is 19.0 Å². The van der Waals surface area contributed by atoms with Gasteiger partial charge in [-0.15, -0.1) is 0 Å². The van der Waals surface area contributed by atoms with Crippen LogP contribution in [0.15, 0.2) is 54.6 Å². The summed E-state index contributed by atoms with van der Waals surface area (Å²) in [6.07, 6.45) is 0.892. The molecular weight excluding hydrogens is 296 g/mol. The summed E-state index contributed by atoms with van der Waals surface area (Å²) in [6.45, 7) is 1.66. The van der Waals surface area contributed by atoms with Crippen molar-refractivity contribution in [3.8, 4) is 0 Å². The lowest BCUT2D eigenvalue weighted by molar-refractivity contribution is -0.124. The highest BCUT2D eigenvalue weighted by Gasteiger charge is 2.25. The summed E-state index contributed by atoms with van der Waals surface area (Å²) in [7, 11) is 0. The average molecular weight is 315 g/mol.